The van der Waals surface area contributed by atoms with E-state index in [1.165, 1.54) is 0 Å². The van der Waals surface area contributed by atoms with Crippen molar-refractivity contribution < 1.29 is 9.59 Å². The predicted molar refractivity (Wildman–Crippen MR) is 103 cm³/mol. The highest BCUT2D eigenvalue weighted by molar-refractivity contribution is 5.77. The highest BCUT2D eigenvalue weighted by Crippen LogP contribution is 2.38. The minimum absolute atomic E-state index is 0.131. The maximum atomic E-state index is 12.4. The number of piperidine rings is 1. The van der Waals surface area contributed by atoms with Crippen LogP contribution in [0.3, 0.4) is 0 Å². The van der Waals surface area contributed by atoms with E-state index in [1.807, 2.05) is 6.08 Å². The van der Waals surface area contributed by atoms with Crippen LogP contribution in [0.15, 0.2) is 18.9 Å². The molecule has 27 heavy (non-hydrogen) atoms. The van der Waals surface area contributed by atoms with Crippen molar-refractivity contribution in [2.45, 2.75) is 76.3 Å². The second-order valence-corrected chi connectivity index (χ2v) is 7.82. The number of hydrogen-bond donors (Lipinski definition) is 2. The number of nitrogens with zero attached hydrogens (tertiary/aromatic N) is 3. The van der Waals surface area contributed by atoms with Gasteiger partial charge in [0.1, 0.15) is 0 Å². The first-order valence-corrected chi connectivity index (χ1v) is 10.2. The molecule has 1 aromatic rings. The molecule has 7 heteroatoms. The lowest BCUT2D eigenvalue weighted by atomic mass is 9.90. The van der Waals surface area contributed by atoms with Crippen LogP contribution in [0, 0.1) is 5.92 Å². The Labute approximate surface area is 161 Å². The number of carbonyl (C=O) groups excluding carboxylic acids is 2. The van der Waals surface area contributed by atoms with Crippen molar-refractivity contribution >= 4 is 11.8 Å². The number of H-pyrrole nitrogens is 1. The van der Waals surface area contributed by atoms with Crippen LogP contribution in [0.1, 0.15) is 63.5 Å². The van der Waals surface area contributed by atoms with Crippen molar-refractivity contribution in [3.63, 3.8) is 0 Å². The molecule has 3 heterocycles. The first-order valence-electron chi connectivity index (χ1n) is 10.2. The van der Waals surface area contributed by atoms with E-state index in [2.05, 4.69) is 32.2 Å². The van der Waals surface area contributed by atoms with Crippen LogP contribution < -0.4 is 5.32 Å². The van der Waals surface area contributed by atoms with Crippen LogP contribution in [0.2, 0.25) is 0 Å². The molecule has 1 aromatic heterocycles. The number of amides is 2. The summed E-state index contributed by atoms with van der Waals surface area (Å²) in [6.45, 7) is 4.45. The Morgan fingerprint density at radius 2 is 2.04 bits per heavy atom. The van der Waals surface area contributed by atoms with E-state index >= 15 is 0 Å². The Bertz CT molecular complexity index is 616. The summed E-state index contributed by atoms with van der Waals surface area (Å²) in [5.41, 5.74) is 0.945. The molecular formula is C20H31N5O2. The quantitative estimate of drug-likeness (QED) is 0.487. The molecule has 3 atom stereocenters. The summed E-state index contributed by atoms with van der Waals surface area (Å²) in [6, 6.07) is 0.732. The minimum Gasteiger partial charge on any atom is -0.356 e. The van der Waals surface area contributed by atoms with Gasteiger partial charge in [-0.1, -0.05) is 6.08 Å². The summed E-state index contributed by atoms with van der Waals surface area (Å²) in [7, 11) is 0. The Balaban J connectivity index is 1.33. The molecule has 0 aliphatic carbocycles. The summed E-state index contributed by atoms with van der Waals surface area (Å²) in [5.74, 6) is 0.897. The Morgan fingerprint density at radius 3 is 2.70 bits per heavy atom. The SMILES string of the molecule is C=CCCC(=O)N1[C@@H]2CC[C@H]1CC(CNC(=O)CCCCc1cn[nH]n1)C2. The molecule has 2 aliphatic rings. The van der Waals surface area contributed by atoms with Gasteiger partial charge in [0.15, 0.2) is 0 Å². The highest BCUT2D eigenvalue weighted by atomic mass is 16.2. The number of aromatic nitrogens is 3. The lowest BCUT2D eigenvalue weighted by molar-refractivity contribution is -0.136. The van der Waals surface area contributed by atoms with Gasteiger partial charge in [-0.05, 0) is 57.3 Å². The van der Waals surface area contributed by atoms with E-state index in [4.69, 9.17) is 0 Å². The summed E-state index contributed by atoms with van der Waals surface area (Å²) in [5, 5.41) is 13.5. The normalized spacial score (nSPS) is 24.0. The van der Waals surface area contributed by atoms with Gasteiger partial charge >= 0.3 is 0 Å². The van der Waals surface area contributed by atoms with Crippen LogP contribution in [-0.4, -0.2) is 50.8 Å². The van der Waals surface area contributed by atoms with Gasteiger partial charge in [0.25, 0.3) is 0 Å². The molecule has 3 rings (SSSR count). The maximum absolute atomic E-state index is 12.4. The van der Waals surface area contributed by atoms with Gasteiger partial charge < -0.3 is 10.2 Å². The number of carbonyl (C=O) groups is 2. The lowest BCUT2D eigenvalue weighted by Crippen LogP contribution is -2.48. The van der Waals surface area contributed by atoms with E-state index in [-0.39, 0.29) is 11.8 Å². The van der Waals surface area contributed by atoms with Crippen molar-refractivity contribution in [3.8, 4) is 0 Å². The molecule has 2 amide bonds. The van der Waals surface area contributed by atoms with Gasteiger partial charge in [-0.25, -0.2) is 0 Å². The number of rotatable bonds is 10. The van der Waals surface area contributed by atoms with Gasteiger partial charge in [0.05, 0.1) is 11.9 Å². The van der Waals surface area contributed by atoms with Crippen molar-refractivity contribution in [2.24, 2.45) is 5.92 Å². The molecule has 0 spiro atoms. The van der Waals surface area contributed by atoms with Gasteiger partial charge in [-0.15, -0.1) is 6.58 Å². The number of nitrogens with one attached hydrogen (secondary N) is 2. The fraction of sp³-hybridized carbons (Fsp3) is 0.700. The molecule has 2 bridgehead atoms. The van der Waals surface area contributed by atoms with Crippen LogP contribution in [-0.2, 0) is 16.0 Å². The standard InChI is InChI=1S/C20H31N5O2/c1-2-3-8-20(27)25-17-9-10-18(25)12-15(11-17)13-21-19(26)7-5-4-6-16-14-22-24-23-16/h2,14-15,17-18H,1,3-13H2,(H,21,26)(H,22,23,24)/t15?,17-,18+. The molecule has 148 valence electrons. The van der Waals surface area contributed by atoms with Crippen LogP contribution in [0.25, 0.3) is 0 Å². The Kier molecular flexibility index (Phi) is 7.01. The Hall–Kier alpha value is -2.18. The van der Waals surface area contributed by atoms with Gasteiger partial charge in [-0.2, -0.15) is 15.4 Å². The van der Waals surface area contributed by atoms with Gasteiger partial charge in [-0.3, -0.25) is 9.59 Å². The summed E-state index contributed by atoms with van der Waals surface area (Å²) in [4.78, 5) is 26.6. The molecule has 2 fully saturated rings. The third-order valence-corrected chi connectivity index (χ3v) is 5.82. The zero-order valence-electron chi connectivity index (χ0n) is 16.0. The second kappa shape index (κ2) is 9.67. The smallest absolute Gasteiger partial charge is 0.223 e. The average Bonchev–Trinajstić information content (AvgIpc) is 3.27. The predicted octanol–water partition coefficient (Wildman–Crippen LogP) is 2.37. The van der Waals surface area contributed by atoms with Crippen molar-refractivity contribution in [1.82, 2.24) is 25.6 Å². The summed E-state index contributed by atoms with van der Waals surface area (Å²) < 4.78 is 0. The summed E-state index contributed by atoms with van der Waals surface area (Å²) in [6.07, 6.45) is 12.3. The van der Waals surface area contributed by atoms with Crippen molar-refractivity contribution in [3.05, 3.63) is 24.5 Å². The molecule has 2 N–H and O–H groups in total. The molecule has 0 aromatic carbocycles. The van der Waals surface area contributed by atoms with Gasteiger partial charge in [0, 0.05) is 31.5 Å². The molecular weight excluding hydrogens is 342 g/mol. The molecule has 0 radical (unpaired) electrons. The number of aryl methyl sites for hydroxylation is 1. The fourth-order valence-corrected chi connectivity index (χ4v) is 4.50. The van der Waals surface area contributed by atoms with Crippen molar-refractivity contribution in [1.29, 1.82) is 0 Å². The number of hydrogen-bond acceptors (Lipinski definition) is 4. The third kappa shape index (κ3) is 5.40. The number of allylic oxidation sites excluding steroid dienone is 1. The molecule has 2 saturated heterocycles. The topological polar surface area (TPSA) is 91.0 Å². The largest absolute Gasteiger partial charge is 0.356 e. The van der Waals surface area contributed by atoms with Crippen LogP contribution in [0.4, 0.5) is 0 Å². The molecule has 0 saturated carbocycles. The number of unbranched alkanes of at least 4 members (excludes halogenated alkanes) is 1. The maximum Gasteiger partial charge on any atom is 0.223 e. The van der Waals surface area contributed by atoms with Crippen molar-refractivity contribution in [2.75, 3.05) is 6.54 Å². The first kappa shape index (κ1) is 19.6. The Morgan fingerprint density at radius 1 is 1.26 bits per heavy atom. The van der Waals surface area contributed by atoms with Crippen LogP contribution in [0.5, 0.6) is 0 Å². The van der Waals surface area contributed by atoms with E-state index in [0.717, 1.165) is 63.6 Å². The second-order valence-electron chi connectivity index (χ2n) is 7.82. The third-order valence-electron chi connectivity index (χ3n) is 5.82. The van der Waals surface area contributed by atoms with E-state index < -0.39 is 0 Å². The zero-order chi connectivity index (χ0) is 19.1. The highest BCUT2D eigenvalue weighted by Gasteiger charge is 2.42. The minimum atomic E-state index is 0.131. The zero-order valence-corrected chi connectivity index (χ0v) is 16.0. The number of fused-ring (bicyclic) bond motifs is 2. The fourth-order valence-electron chi connectivity index (χ4n) is 4.50. The van der Waals surface area contributed by atoms with E-state index in [9.17, 15) is 9.59 Å². The molecule has 2 aliphatic heterocycles. The van der Waals surface area contributed by atoms with Gasteiger partial charge in [0.2, 0.25) is 11.8 Å². The molecule has 7 nitrogen and oxygen atoms in total. The average molecular weight is 374 g/mol. The molecule has 1 unspecified atom stereocenters. The van der Waals surface area contributed by atoms with Crippen LogP contribution >= 0.6 is 0 Å². The van der Waals surface area contributed by atoms with E-state index in [1.54, 1.807) is 6.20 Å². The lowest BCUT2D eigenvalue weighted by Gasteiger charge is -2.39. The monoisotopic (exact) mass is 373 g/mol. The first-order chi connectivity index (χ1) is 13.2. The summed E-state index contributed by atoms with van der Waals surface area (Å²) >= 11 is 0. The number of aromatic amines is 1. The van der Waals surface area contributed by atoms with E-state index in [0.29, 0.717) is 30.8 Å².